The fourth-order valence-corrected chi connectivity index (χ4v) is 4.87. The molecule has 7 nitrogen and oxygen atoms in total. The van der Waals surface area contributed by atoms with Gasteiger partial charge >= 0.3 is 0 Å². The van der Waals surface area contributed by atoms with Crippen molar-refractivity contribution in [2.24, 2.45) is 0 Å². The van der Waals surface area contributed by atoms with E-state index in [0.29, 0.717) is 33.3 Å². The van der Waals surface area contributed by atoms with Crippen LogP contribution in [0.25, 0.3) is 0 Å². The van der Waals surface area contributed by atoms with E-state index in [0.717, 1.165) is 10.6 Å². The molecule has 1 unspecified atom stereocenters. The monoisotopic (exact) mass is 541 g/mol. The van der Waals surface area contributed by atoms with Crippen LogP contribution >= 0.6 is 23.2 Å². The van der Waals surface area contributed by atoms with Gasteiger partial charge in [-0.05, 0) is 63.4 Å². The van der Waals surface area contributed by atoms with Crippen molar-refractivity contribution in [3.05, 3.63) is 63.6 Å². The first-order chi connectivity index (χ1) is 16.1. The summed E-state index contributed by atoms with van der Waals surface area (Å²) in [4.78, 5) is 28.3. The van der Waals surface area contributed by atoms with Gasteiger partial charge in [0.1, 0.15) is 12.6 Å². The van der Waals surface area contributed by atoms with Gasteiger partial charge in [0.25, 0.3) is 0 Å². The summed E-state index contributed by atoms with van der Waals surface area (Å²) < 4.78 is 26.4. The molecule has 0 bridgehead atoms. The molecule has 0 aliphatic heterocycles. The fraction of sp³-hybridized carbons (Fsp3) is 0.440. The highest BCUT2D eigenvalue weighted by atomic mass is 35.5. The Morgan fingerprint density at radius 1 is 1.06 bits per heavy atom. The van der Waals surface area contributed by atoms with E-state index in [-0.39, 0.29) is 12.5 Å². The third kappa shape index (κ3) is 8.12. The summed E-state index contributed by atoms with van der Waals surface area (Å²) in [6.45, 7) is 8.74. The molecule has 1 atom stereocenters. The summed E-state index contributed by atoms with van der Waals surface area (Å²) in [6.07, 6.45) is 1.39. The van der Waals surface area contributed by atoms with Gasteiger partial charge in [-0.1, -0.05) is 54.4 Å². The molecule has 0 saturated heterocycles. The predicted octanol–water partition coefficient (Wildman–Crippen LogP) is 4.79. The van der Waals surface area contributed by atoms with Crippen LogP contribution in [0.3, 0.4) is 0 Å². The molecular formula is C25H33Cl2N3O4S. The van der Waals surface area contributed by atoms with Crippen LogP contribution in [0.15, 0.2) is 42.5 Å². The van der Waals surface area contributed by atoms with Gasteiger partial charge in [0.15, 0.2) is 0 Å². The Bertz CT molecular complexity index is 1180. The molecule has 192 valence electrons. The van der Waals surface area contributed by atoms with Crippen molar-refractivity contribution in [3.8, 4) is 0 Å². The topological polar surface area (TPSA) is 86.8 Å². The Morgan fingerprint density at radius 3 is 2.20 bits per heavy atom. The predicted molar refractivity (Wildman–Crippen MR) is 142 cm³/mol. The van der Waals surface area contributed by atoms with E-state index >= 15 is 0 Å². The number of hydrogen-bond donors (Lipinski definition) is 1. The van der Waals surface area contributed by atoms with E-state index < -0.39 is 34.1 Å². The molecule has 10 heteroatoms. The fourth-order valence-electron chi connectivity index (χ4n) is 3.65. The molecule has 0 radical (unpaired) electrons. The smallest absolute Gasteiger partial charge is 0.244 e. The maximum atomic E-state index is 13.7. The minimum Gasteiger partial charge on any atom is -0.350 e. The van der Waals surface area contributed by atoms with E-state index in [4.69, 9.17) is 23.2 Å². The molecule has 0 fully saturated rings. The molecule has 0 spiro atoms. The van der Waals surface area contributed by atoms with Crippen molar-refractivity contribution in [2.75, 3.05) is 17.1 Å². The summed E-state index contributed by atoms with van der Waals surface area (Å²) in [5.74, 6) is -0.837. The number of benzene rings is 2. The lowest BCUT2D eigenvalue weighted by Crippen LogP contribution is -2.55. The molecule has 0 aromatic heterocycles. The van der Waals surface area contributed by atoms with Gasteiger partial charge in [0.2, 0.25) is 21.8 Å². The third-order valence-corrected chi connectivity index (χ3v) is 7.15. The van der Waals surface area contributed by atoms with Crippen LogP contribution < -0.4 is 9.62 Å². The quantitative estimate of drug-likeness (QED) is 0.494. The zero-order valence-electron chi connectivity index (χ0n) is 20.9. The van der Waals surface area contributed by atoms with E-state index in [2.05, 4.69) is 5.32 Å². The molecular weight excluding hydrogens is 509 g/mol. The number of nitrogens with one attached hydrogen (secondary N) is 1. The third-order valence-electron chi connectivity index (χ3n) is 5.28. The zero-order chi connectivity index (χ0) is 26.6. The maximum Gasteiger partial charge on any atom is 0.244 e. The first-order valence-electron chi connectivity index (χ1n) is 11.2. The van der Waals surface area contributed by atoms with Crippen molar-refractivity contribution in [1.82, 2.24) is 10.2 Å². The number of carbonyl (C=O) groups excluding carboxylic acids is 2. The summed E-state index contributed by atoms with van der Waals surface area (Å²) in [6, 6.07) is 11.1. The van der Waals surface area contributed by atoms with E-state index in [9.17, 15) is 18.0 Å². The minimum absolute atomic E-state index is 0.0527. The van der Waals surface area contributed by atoms with Crippen molar-refractivity contribution in [2.45, 2.75) is 59.2 Å². The maximum absolute atomic E-state index is 13.7. The molecule has 35 heavy (non-hydrogen) atoms. The van der Waals surface area contributed by atoms with Gasteiger partial charge < -0.3 is 10.2 Å². The number of halogens is 2. The Hall–Kier alpha value is -2.29. The normalized spacial score (nSPS) is 12.7. The summed E-state index contributed by atoms with van der Waals surface area (Å²) in [5, 5.41) is 3.61. The molecule has 1 N–H and O–H groups in total. The second kappa shape index (κ2) is 11.6. The standard InChI is InChI=1S/C25H33Cl2N3O4S/c1-7-21(24(32)28-25(3,4)5)29(15-18-12-13-19(26)20(27)14-18)23(31)16-30(35(6,33)34)22-11-9-8-10-17(22)2/h8-14,21H,7,15-16H2,1-6H3,(H,28,32). The Labute approximate surface area is 218 Å². The highest BCUT2D eigenvalue weighted by Crippen LogP contribution is 2.26. The first kappa shape index (κ1) is 28.9. The lowest BCUT2D eigenvalue weighted by atomic mass is 10.1. The molecule has 0 saturated carbocycles. The molecule has 2 amide bonds. The highest BCUT2D eigenvalue weighted by Gasteiger charge is 2.33. The zero-order valence-corrected chi connectivity index (χ0v) is 23.3. The van der Waals surface area contributed by atoms with Crippen LogP contribution in [0.2, 0.25) is 10.0 Å². The van der Waals surface area contributed by atoms with E-state index in [1.807, 2.05) is 20.8 Å². The molecule has 0 aliphatic carbocycles. The second-order valence-corrected chi connectivity index (χ2v) is 12.2. The molecule has 2 aromatic rings. The lowest BCUT2D eigenvalue weighted by molar-refractivity contribution is -0.141. The van der Waals surface area contributed by atoms with E-state index in [1.54, 1.807) is 56.3 Å². The summed E-state index contributed by atoms with van der Waals surface area (Å²) >= 11 is 12.2. The average molecular weight is 543 g/mol. The molecule has 0 heterocycles. The van der Waals surface area contributed by atoms with Gasteiger partial charge in [0.05, 0.1) is 22.0 Å². The van der Waals surface area contributed by atoms with Crippen molar-refractivity contribution in [1.29, 1.82) is 0 Å². The lowest BCUT2D eigenvalue weighted by Gasteiger charge is -2.34. The van der Waals surface area contributed by atoms with Crippen molar-refractivity contribution >= 4 is 50.7 Å². The van der Waals surface area contributed by atoms with Crippen LogP contribution in [-0.4, -0.2) is 49.5 Å². The summed E-state index contributed by atoms with van der Waals surface area (Å²) in [5.41, 5.74) is 1.27. The van der Waals surface area contributed by atoms with Crippen molar-refractivity contribution in [3.63, 3.8) is 0 Å². The number of rotatable bonds is 9. The average Bonchev–Trinajstić information content (AvgIpc) is 2.73. The number of nitrogens with zero attached hydrogens (tertiary/aromatic N) is 2. The van der Waals surface area contributed by atoms with Crippen LogP contribution in [0, 0.1) is 6.92 Å². The Morgan fingerprint density at radius 2 is 1.69 bits per heavy atom. The number of aryl methyl sites for hydroxylation is 1. The molecule has 0 aliphatic rings. The summed E-state index contributed by atoms with van der Waals surface area (Å²) in [7, 11) is -3.79. The number of hydrogen-bond acceptors (Lipinski definition) is 4. The molecule has 2 aromatic carbocycles. The van der Waals surface area contributed by atoms with Gasteiger partial charge in [-0.3, -0.25) is 13.9 Å². The van der Waals surface area contributed by atoms with E-state index in [1.165, 1.54) is 4.90 Å². The van der Waals surface area contributed by atoms with Crippen LogP contribution in [0.1, 0.15) is 45.2 Å². The first-order valence-corrected chi connectivity index (χ1v) is 13.8. The minimum atomic E-state index is -3.79. The van der Waals surface area contributed by atoms with Gasteiger partial charge in [0, 0.05) is 12.1 Å². The van der Waals surface area contributed by atoms with Gasteiger partial charge in [-0.25, -0.2) is 8.42 Å². The largest absolute Gasteiger partial charge is 0.350 e. The Balaban J connectivity index is 2.50. The van der Waals surface area contributed by atoms with Crippen LogP contribution in [0.5, 0.6) is 0 Å². The number of carbonyl (C=O) groups is 2. The number of para-hydroxylation sites is 1. The SMILES string of the molecule is CCC(C(=O)NC(C)(C)C)N(Cc1ccc(Cl)c(Cl)c1)C(=O)CN(c1ccccc1C)S(C)(=O)=O. The van der Waals surface area contributed by atoms with Crippen LogP contribution in [-0.2, 0) is 26.2 Å². The Kier molecular flexibility index (Phi) is 9.62. The van der Waals surface area contributed by atoms with Gasteiger partial charge in [-0.15, -0.1) is 0 Å². The number of amides is 2. The van der Waals surface area contributed by atoms with Crippen LogP contribution in [0.4, 0.5) is 5.69 Å². The highest BCUT2D eigenvalue weighted by molar-refractivity contribution is 7.92. The molecule has 2 rings (SSSR count). The number of sulfonamides is 1. The van der Waals surface area contributed by atoms with Gasteiger partial charge in [-0.2, -0.15) is 0 Å². The second-order valence-electron chi connectivity index (χ2n) is 9.49. The number of anilines is 1. The van der Waals surface area contributed by atoms with Crippen molar-refractivity contribution < 1.29 is 18.0 Å².